The Morgan fingerprint density at radius 1 is 1.50 bits per heavy atom. The van der Waals surface area contributed by atoms with Crippen LogP contribution in [0, 0.1) is 0 Å². The molecule has 3 rings (SSSR count). The maximum atomic E-state index is 11.3. The van der Waals surface area contributed by atoms with Gasteiger partial charge in [-0.25, -0.2) is 0 Å². The van der Waals surface area contributed by atoms with Crippen LogP contribution in [0.5, 0.6) is 0 Å². The molecule has 0 amide bonds. The van der Waals surface area contributed by atoms with E-state index in [4.69, 9.17) is 4.42 Å². The van der Waals surface area contributed by atoms with Crippen LogP contribution in [-0.4, -0.2) is 16.1 Å². The first-order valence-electron chi connectivity index (χ1n) is 5.29. The number of carboxylic acids is 1. The zero-order chi connectivity index (χ0) is 11.2. The Bertz CT molecular complexity index is 554. The minimum absolute atomic E-state index is 0.653. The molecule has 0 aromatic carbocycles. The van der Waals surface area contributed by atoms with Crippen molar-refractivity contribution in [2.45, 2.75) is 24.7 Å². The average molecular weight is 217 g/mol. The van der Waals surface area contributed by atoms with Gasteiger partial charge in [0.05, 0.1) is 18.2 Å². The molecule has 2 aromatic heterocycles. The van der Waals surface area contributed by atoms with Gasteiger partial charge in [0, 0.05) is 5.39 Å². The summed E-state index contributed by atoms with van der Waals surface area (Å²) in [5, 5.41) is 10.2. The molecule has 16 heavy (non-hydrogen) atoms. The van der Waals surface area contributed by atoms with Crippen molar-refractivity contribution in [3.05, 3.63) is 30.3 Å². The van der Waals surface area contributed by atoms with Gasteiger partial charge in [-0.05, 0) is 25.0 Å². The van der Waals surface area contributed by atoms with Crippen LogP contribution in [0.3, 0.4) is 0 Å². The molecule has 4 heteroatoms. The van der Waals surface area contributed by atoms with Crippen molar-refractivity contribution in [1.29, 1.82) is 0 Å². The summed E-state index contributed by atoms with van der Waals surface area (Å²) in [5.41, 5.74) is 0.592. The Morgan fingerprint density at radius 3 is 2.94 bits per heavy atom. The van der Waals surface area contributed by atoms with Crippen LogP contribution in [0.1, 0.15) is 25.0 Å². The van der Waals surface area contributed by atoms with Gasteiger partial charge in [0.2, 0.25) is 0 Å². The van der Waals surface area contributed by atoms with E-state index in [9.17, 15) is 9.90 Å². The largest absolute Gasteiger partial charge is 0.481 e. The number of furan rings is 1. The molecular formula is C12H11NO3. The summed E-state index contributed by atoms with van der Waals surface area (Å²) < 4.78 is 5.19. The number of rotatable bonds is 2. The Balaban J connectivity index is 2.14. The van der Waals surface area contributed by atoms with Crippen molar-refractivity contribution in [2.24, 2.45) is 0 Å². The lowest BCUT2D eigenvalue weighted by Gasteiger charge is -2.36. The van der Waals surface area contributed by atoms with Gasteiger partial charge in [0.1, 0.15) is 5.41 Å². The molecule has 1 saturated carbocycles. The van der Waals surface area contributed by atoms with Gasteiger partial charge in [0.15, 0.2) is 5.58 Å². The smallest absolute Gasteiger partial charge is 0.315 e. The van der Waals surface area contributed by atoms with Gasteiger partial charge < -0.3 is 9.52 Å². The van der Waals surface area contributed by atoms with Crippen molar-refractivity contribution in [3.8, 4) is 0 Å². The predicted molar refractivity (Wildman–Crippen MR) is 57.2 cm³/mol. The number of aromatic nitrogens is 1. The number of nitrogens with zero attached hydrogens (tertiary/aromatic N) is 1. The lowest BCUT2D eigenvalue weighted by Crippen LogP contribution is -2.43. The molecule has 1 aliphatic carbocycles. The van der Waals surface area contributed by atoms with E-state index in [1.165, 1.54) is 0 Å². The summed E-state index contributed by atoms with van der Waals surface area (Å²) in [4.78, 5) is 15.5. The molecular weight excluding hydrogens is 206 g/mol. The zero-order valence-corrected chi connectivity index (χ0v) is 8.64. The minimum Gasteiger partial charge on any atom is -0.481 e. The summed E-state index contributed by atoms with van der Waals surface area (Å²) in [7, 11) is 0. The van der Waals surface area contributed by atoms with Crippen molar-refractivity contribution in [2.75, 3.05) is 0 Å². The Morgan fingerprint density at radius 2 is 2.31 bits per heavy atom. The van der Waals surface area contributed by atoms with Gasteiger partial charge >= 0.3 is 5.97 Å². The second kappa shape index (κ2) is 3.07. The molecule has 0 bridgehead atoms. The standard InChI is InChI=1S/C12H11NO3/c14-11(15)12(3-1-4-12)10-6-8-2-5-16-9(8)7-13-10/h2,5-7H,1,3-4H2,(H,14,15). The fourth-order valence-corrected chi connectivity index (χ4v) is 2.24. The Kier molecular flexibility index (Phi) is 1.80. The van der Waals surface area contributed by atoms with Crippen LogP contribution in [-0.2, 0) is 10.2 Å². The van der Waals surface area contributed by atoms with Crippen molar-refractivity contribution >= 4 is 16.9 Å². The highest BCUT2D eigenvalue weighted by atomic mass is 16.4. The number of fused-ring (bicyclic) bond motifs is 1. The molecule has 0 atom stereocenters. The topological polar surface area (TPSA) is 63.3 Å². The van der Waals surface area contributed by atoms with Crippen LogP contribution in [0.4, 0.5) is 0 Å². The second-order valence-corrected chi connectivity index (χ2v) is 4.27. The predicted octanol–water partition coefficient (Wildman–Crippen LogP) is 2.33. The highest BCUT2D eigenvalue weighted by molar-refractivity contribution is 5.84. The van der Waals surface area contributed by atoms with Crippen LogP contribution in [0.25, 0.3) is 11.0 Å². The maximum absolute atomic E-state index is 11.3. The van der Waals surface area contributed by atoms with Gasteiger partial charge in [-0.2, -0.15) is 0 Å². The summed E-state index contributed by atoms with van der Waals surface area (Å²) in [6.45, 7) is 0. The van der Waals surface area contributed by atoms with Crippen LogP contribution < -0.4 is 0 Å². The van der Waals surface area contributed by atoms with E-state index in [0.717, 1.165) is 11.8 Å². The number of carboxylic acid groups (broad SMARTS) is 1. The zero-order valence-electron chi connectivity index (χ0n) is 8.64. The van der Waals surface area contributed by atoms with E-state index in [0.29, 0.717) is 24.1 Å². The van der Waals surface area contributed by atoms with Gasteiger partial charge in [-0.15, -0.1) is 0 Å². The Labute approximate surface area is 91.9 Å². The molecule has 1 N–H and O–H groups in total. The lowest BCUT2D eigenvalue weighted by atomic mass is 9.66. The van der Waals surface area contributed by atoms with Crippen LogP contribution in [0.15, 0.2) is 29.0 Å². The van der Waals surface area contributed by atoms with Crippen molar-refractivity contribution in [3.63, 3.8) is 0 Å². The fourth-order valence-electron chi connectivity index (χ4n) is 2.24. The highest BCUT2D eigenvalue weighted by Gasteiger charge is 2.47. The summed E-state index contributed by atoms with van der Waals surface area (Å²) >= 11 is 0. The minimum atomic E-state index is -0.769. The van der Waals surface area contributed by atoms with Gasteiger partial charge in [0.25, 0.3) is 0 Å². The van der Waals surface area contributed by atoms with Crippen LogP contribution in [0.2, 0.25) is 0 Å². The maximum Gasteiger partial charge on any atom is 0.315 e. The van der Waals surface area contributed by atoms with Crippen molar-refractivity contribution < 1.29 is 14.3 Å². The van der Waals surface area contributed by atoms with E-state index < -0.39 is 11.4 Å². The quantitative estimate of drug-likeness (QED) is 0.838. The monoisotopic (exact) mass is 217 g/mol. The van der Waals surface area contributed by atoms with E-state index in [1.807, 2.05) is 12.1 Å². The molecule has 2 heterocycles. The first kappa shape index (κ1) is 9.39. The second-order valence-electron chi connectivity index (χ2n) is 4.27. The molecule has 0 unspecified atom stereocenters. The molecule has 0 radical (unpaired) electrons. The SMILES string of the molecule is O=C(O)C1(c2cc3ccoc3cn2)CCC1. The third-order valence-corrected chi connectivity index (χ3v) is 3.45. The number of carbonyl (C=O) groups is 1. The third kappa shape index (κ3) is 1.10. The fraction of sp³-hybridized carbons (Fsp3) is 0.333. The van der Waals surface area contributed by atoms with E-state index in [1.54, 1.807) is 12.5 Å². The summed E-state index contributed by atoms with van der Waals surface area (Å²) in [6, 6.07) is 3.65. The van der Waals surface area contributed by atoms with E-state index >= 15 is 0 Å². The molecule has 1 aliphatic rings. The lowest BCUT2D eigenvalue weighted by molar-refractivity contribution is -0.147. The normalized spacial score (nSPS) is 18.2. The number of hydrogen-bond acceptors (Lipinski definition) is 3. The van der Waals surface area contributed by atoms with E-state index in [-0.39, 0.29) is 0 Å². The first-order valence-corrected chi connectivity index (χ1v) is 5.29. The highest BCUT2D eigenvalue weighted by Crippen LogP contribution is 2.43. The summed E-state index contributed by atoms with van der Waals surface area (Å²) in [5.74, 6) is -0.769. The molecule has 0 saturated heterocycles. The molecule has 4 nitrogen and oxygen atoms in total. The molecule has 2 aromatic rings. The van der Waals surface area contributed by atoms with Crippen LogP contribution >= 0.6 is 0 Å². The number of hydrogen-bond donors (Lipinski definition) is 1. The van der Waals surface area contributed by atoms with E-state index in [2.05, 4.69) is 4.98 Å². The van der Waals surface area contributed by atoms with Gasteiger partial charge in [-0.3, -0.25) is 9.78 Å². The number of pyridine rings is 1. The molecule has 1 fully saturated rings. The average Bonchev–Trinajstić information content (AvgIpc) is 2.62. The molecule has 82 valence electrons. The van der Waals surface area contributed by atoms with Gasteiger partial charge in [-0.1, -0.05) is 6.42 Å². The molecule has 0 spiro atoms. The third-order valence-electron chi connectivity index (χ3n) is 3.45. The summed E-state index contributed by atoms with van der Waals surface area (Å²) in [6.07, 6.45) is 5.51. The molecule has 0 aliphatic heterocycles. The Hall–Kier alpha value is -1.84. The first-order chi connectivity index (χ1) is 7.72. The number of aliphatic carboxylic acids is 1. The van der Waals surface area contributed by atoms with Crippen molar-refractivity contribution in [1.82, 2.24) is 4.98 Å².